The molecule has 0 unspecified atom stereocenters. The molecular formula is C4H10N4O2S. The number of carboxylic acids is 1. The highest BCUT2D eigenvalue weighted by Crippen LogP contribution is 1.86. The molecule has 0 fully saturated rings. The minimum Gasteiger partial charge on any atom is -0.480 e. The lowest BCUT2D eigenvalue weighted by Crippen LogP contribution is -2.38. The van der Waals surface area contributed by atoms with Gasteiger partial charge < -0.3 is 16.6 Å². The number of nitrogens with zero attached hydrogens (tertiary/aromatic N) is 1. The van der Waals surface area contributed by atoms with Crippen molar-refractivity contribution in [3.63, 3.8) is 0 Å². The standard InChI is InChI=1S/C4H10N4O2S/c5-4(6)8-7-2(1-11)3(9)10/h2,7,11H,1H2,(H,9,10)(H4,5,6,8)/t2-/m0/s1. The lowest BCUT2D eigenvalue weighted by molar-refractivity contribution is -0.138. The molecule has 1 atom stereocenters. The van der Waals surface area contributed by atoms with Gasteiger partial charge >= 0.3 is 5.97 Å². The molecule has 6 N–H and O–H groups in total. The molecule has 11 heavy (non-hydrogen) atoms. The number of aliphatic carboxylic acids is 1. The molecule has 0 aliphatic carbocycles. The fraction of sp³-hybridized carbons (Fsp3) is 0.500. The van der Waals surface area contributed by atoms with E-state index in [9.17, 15) is 4.79 Å². The Morgan fingerprint density at radius 1 is 1.73 bits per heavy atom. The smallest absolute Gasteiger partial charge is 0.328 e. The van der Waals surface area contributed by atoms with E-state index in [1.54, 1.807) is 0 Å². The molecule has 0 spiro atoms. The van der Waals surface area contributed by atoms with E-state index in [-0.39, 0.29) is 11.7 Å². The summed E-state index contributed by atoms with van der Waals surface area (Å²) in [5, 5.41) is 11.7. The van der Waals surface area contributed by atoms with Crippen molar-refractivity contribution in [3.8, 4) is 0 Å². The number of hydrazone groups is 1. The molecule has 7 heteroatoms. The van der Waals surface area contributed by atoms with Gasteiger partial charge in [0.2, 0.25) is 5.96 Å². The summed E-state index contributed by atoms with van der Waals surface area (Å²) in [6.45, 7) is 0. The van der Waals surface area contributed by atoms with Crippen LogP contribution in [0.5, 0.6) is 0 Å². The second-order valence-corrected chi connectivity index (χ2v) is 2.10. The third kappa shape index (κ3) is 4.31. The number of rotatable bonds is 4. The van der Waals surface area contributed by atoms with Crippen LogP contribution in [0, 0.1) is 0 Å². The van der Waals surface area contributed by atoms with Crippen LogP contribution in [0.15, 0.2) is 5.10 Å². The van der Waals surface area contributed by atoms with Crippen molar-refractivity contribution in [3.05, 3.63) is 0 Å². The fourth-order valence-electron chi connectivity index (χ4n) is 0.327. The molecule has 6 nitrogen and oxygen atoms in total. The average molecular weight is 178 g/mol. The molecule has 0 aliphatic rings. The van der Waals surface area contributed by atoms with E-state index in [2.05, 4.69) is 23.2 Å². The van der Waals surface area contributed by atoms with E-state index in [1.165, 1.54) is 0 Å². The summed E-state index contributed by atoms with van der Waals surface area (Å²) in [6.07, 6.45) is 0. The zero-order chi connectivity index (χ0) is 8.85. The van der Waals surface area contributed by atoms with Crippen LogP contribution in [0.3, 0.4) is 0 Å². The van der Waals surface area contributed by atoms with Crippen molar-refractivity contribution >= 4 is 24.6 Å². The Labute approximate surface area is 69.0 Å². The second-order valence-electron chi connectivity index (χ2n) is 1.74. The molecule has 0 aromatic heterocycles. The maximum absolute atomic E-state index is 10.3. The minimum atomic E-state index is -1.05. The summed E-state index contributed by atoms with van der Waals surface area (Å²) in [4.78, 5) is 10.3. The van der Waals surface area contributed by atoms with Gasteiger partial charge in [-0.05, 0) is 0 Å². The molecule has 0 bridgehead atoms. The van der Waals surface area contributed by atoms with E-state index >= 15 is 0 Å². The summed E-state index contributed by atoms with van der Waals surface area (Å²) < 4.78 is 0. The molecule has 64 valence electrons. The van der Waals surface area contributed by atoms with Crippen molar-refractivity contribution < 1.29 is 9.90 Å². The molecule has 0 heterocycles. The van der Waals surface area contributed by atoms with E-state index in [4.69, 9.17) is 16.6 Å². The number of nitrogens with two attached hydrogens (primary N) is 2. The van der Waals surface area contributed by atoms with Crippen LogP contribution in [-0.2, 0) is 4.79 Å². The number of hydrogen-bond donors (Lipinski definition) is 5. The Bertz CT molecular complexity index is 167. The predicted octanol–water partition coefficient (Wildman–Crippen LogP) is -1.85. The molecule has 0 radical (unpaired) electrons. The molecule has 0 saturated carbocycles. The third-order valence-corrected chi connectivity index (χ3v) is 1.20. The van der Waals surface area contributed by atoms with Crippen LogP contribution in [-0.4, -0.2) is 28.8 Å². The Hall–Kier alpha value is -1.11. The van der Waals surface area contributed by atoms with Gasteiger partial charge in [0.25, 0.3) is 0 Å². The van der Waals surface area contributed by atoms with Crippen LogP contribution in [0.1, 0.15) is 0 Å². The van der Waals surface area contributed by atoms with E-state index in [0.29, 0.717) is 0 Å². The molecule has 0 aliphatic heterocycles. The lowest BCUT2D eigenvalue weighted by atomic mass is 10.4. The monoisotopic (exact) mass is 178 g/mol. The first-order valence-corrected chi connectivity index (χ1v) is 3.39. The van der Waals surface area contributed by atoms with E-state index in [0.717, 1.165) is 0 Å². The second kappa shape index (κ2) is 4.67. The Morgan fingerprint density at radius 2 is 2.27 bits per heavy atom. The summed E-state index contributed by atoms with van der Waals surface area (Å²) in [5.41, 5.74) is 12.1. The third-order valence-electron chi connectivity index (χ3n) is 0.830. The highest BCUT2D eigenvalue weighted by Gasteiger charge is 2.13. The number of thiol groups is 1. The summed E-state index contributed by atoms with van der Waals surface area (Å²) in [7, 11) is 0. The van der Waals surface area contributed by atoms with Gasteiger partial charge in [0.05, 0.1) is 0 Å². The largest absolute Gasteiger partial charge is 0.480 e. The number of hydrogen-bond acceptors (Lipinski definition) is 4. The van der Waals surface area contributed by atoms with Gasteiger partial charge in [-0.2, -0.15) is 12.6 Å². The Balaban J connectivity index is 3.89. The van der Waals surface area contributed by atoms with Gasteiger partial charge in [-0.15, -0.1) is 5.10 Å². The van der Waals surface area contributed by atoms with Crippen molar-refractivity contribution in [1.29, 1.82) is 0 Å². The van der Waals surface area contributed by atoms with Gasteiger partial charge in [0.1, 0.15) is 6.04 Å². The molecule has 0 rings (SSSR count). The van der Waals surface area contributed by atoms with Gasteiger partial charge in [-0.3, -0.25) is 5.43 Å². The molecule has 0 amide bonds. The maximum Gasteiger partial charge on any atom is 0.328 e. The average Bonchev–Trinajstić information content (AvgIpc) is 1.87. The van der Waals surface area contributed by atoms with Crippen LogP contribution in [0.4, 0.5) is 0 Å². The SMILES string of the molecule is NC(N)=NN[C@@H](CS)C(=O)O. The summed E-state index contributed by atoms with van der Waals surface area (Å²) in [5.74, 6) is -1.14. The van der Waals surface area contributed by atoms with Crippen LogP contribution < -0.4 is 16.9 Å². The Kier molecular flexibility index (Phi) is 4.20. The zero-order valence-corrected chi connectivity index (χ0v) is 6.58. The van der Waals surface area contributed by atoms with E-state index < -0.39 is 12.0 Å². The van der Waals surface area contributed by atoms with Crippen molar-refractivity contribution in [1.82, 2.24) is 5.43 Å². The molecule has 0 saturated heterocycles. The first-order chi connectivity index (χ1) is 5.07. The van der Waals surface area contributed by atoms with Gasteiger partial charge in [0, 0.05) is 5.75 Å². The number of guanidine groups is 1. The van der Waals surface area contributed by atoms with Crippen molar-refractivity contribution in [2.45, 2.75) is 6.04 Å². The van der Waals surface area contributed by atoms with Crippen LogP contribution in [0.25, 0.3) is 0 Å². The Morgan fingerprint density at radius 3 is 2.55 bits per heavy atom. The fourth-order valence-corrected chi connectivity index (χ4v) is 0.564. The van der Waals surface area contributed by atoms with Gasteiger partial charge in [-0.25, -0.2) is 4.79 Å². The van der Waals surface area contributed by atoms with E-state index in [1.807, 2.05) is 0 Å². The quantitative estimate of drug-likeness (QED) is 0.150. The lowest BCUT2D eigenvalue weighted by Gasteiger charge is -2.07. The van der Waals surface area contributed by atoms with Gasteiger partial charge in [0.15, 0.2) is 0 Å². The van der Waals surface area contributed by atoms with Crippen LogP contribution in [0.2, 0.25) is 0 Å². The first-order valence-electron chi connectivity index (χ1n) is 2.75. The maximum atomic E-state index is 10.3. The topological polar surface area (TPSA) is 114 Å². The summed E-state index contributed by atoms with van der Waals surface area (Å²) >= 11 is 3.76. The first kappa shape index (κ1) is 9.89. The predicted molar refractivity (Wildman–Crippen MR) is 44.2 cm³/mol. The van der Waals surface area contributed by atoms with Crippen LogP contribution >= 0.6 is 12.6 Å². The number of carboxylic acid groups (broad SMARTS) is 1. The highest BCUT2D eigenvalue weighted by atomic mass is 32.1. The van der Waals surface area contributed by atoms with Crippen molar-refractivity contribution in [2.24, 2.45) is 16.6 Å². The summed E-state index contributed by atoms with van der Waals surface area (Å²) in [6, 6.07) is -0.861. The number of nitrogens with one attached hydrogen (secondary N) is 1. The zero-order valence-electron chi connectivity index (χ0n) is 5.69. The normalized spacial score (nSPS) is 11.7. The number of carbonyl (C=O) groups is 1. The highest BCUT2D eigenvalue weighted by molar-refractivity contribution is 7.80. The minimum absolute atomic E-state index is 0.117. The van der Waals surface area contributed by atoms with Gasteiger partial charge in [-0.1, -0.05) is 0 Å². The van der Waals surface area contributed by atoms with Crippen molar-refractivity contribution in [2.75, 3.05) is 5.75 Å². The molecule has 0 aromatic rings. The molecular weight excluding hydrogens is 168 g/mol. The molecule has 0 aromatic carbocycles.